The third-order valence-electron chi connectivity index (χ3n) is 4.03. The standard InChI is InChI=1S/C21H19Cl2NO/c1-15-19(22)7-4-8-21(15)24-13-16-9-11-18(12-10-16)25-14-17-5-2-3-6-20(17)23/h2-12,24H,13-14H2,1H3. The van der Waals surface area contributed by atoms with Crippen molar-refractivity contribution >= 4 is 28.9 Å². The minimum absolute atomic E-state index is 0.457. The summed E-state index contributed by atoms with van der Waals surface area (Å²) in [5.74, 6) is 0.822. The number of nitrogens with one attached hydrogen (secondary N) is 1. The Kier molecular flexibility index (Phi) is 5.85. The van der Waals surface area contributed by atoms with Crippen molar-refractivity contribution in [2.45, 2.75) is 20.1 Å². The molecule has 0 atom stereocenters. The van der Waals surface area contributed by atoms with Gasteiger partial charge in [0.2, 0.25) is 0 Å². The van der Waals surface area contributed by atoms with Gasteiger partial charge in [0.05, 0.1) is 0 Å². The molecule has 1 N–H and O–H groups in total. The van der Waals surface area contributed by atoms with E-state index in [9.17, 15) is 0 Å². The monoisotopic (exact) mass is 371 g/mol. The van der Waals surface area contributed by atoms with Crippen LogP contribution >= 0.6 is 23.2 Å². The molecule has 0 heterocycles. The van der Waals surface area contributed by atoms with Crippen molar-refractivity contribution in [2.75, 3.05) is 5.32 Å². The van der Waals surface area contributed by atoms with Crippen LogP contribution in [-0.4, -0.2) is 0 Å². The quantitative estimate of drug-likeness (QED) is 0.534. The third-order valence-corrected chi connectivity index (χ3v) is 4.80. The van der Waals surface area contributed by atoms with Crippen molar-refractivity contribution in [3.63, 3.8) is 0 Å². The maximum atomic E-state index is 6.15. The van der Waals surface area contributed by atoms with Gasteiger partial charge in [-0.2, -0.15) is 0 Å². The average Bonchev–Trinajstić information content (AvgIpc) is 2.63. The van der Waals surface area contributed by atoms with Crippen molar-refractivity contribution < 1.29 is 4.74 Å². The molecule has 2 nitrogen and oxygen atoms in total. The van der Waals surface area contributed by atoms with Crippen LogP contribution in [0.5, 0.6) is 5.75 Å². The van der Waals surface area contributed by atoms with Gasteiger partial charge in [-0.25, -0.2) is 0 Å². The molecule has 0 radical (unpaired) electrons. The van der Waals surface area contributed by atoms with E-state index in [1.165, 1.54) is 5.56 Å². The van der Waals surface area contributed by atoms with E-state index in [0.29, 0.717) is 6.61 Å². The van der Waals surface area contributed by atoms with Gasteiger partial charge in [-0.1, -0.05) is 59.6 Å². The van der Waals surface area contributed by atoms with Gasteiger partial charge in [0.1, 0.15) is 12.4 Å². The van der Waals surface area contributed by atoms with E-state index in [-0.39, 0.29) is 0 Å². The Labute approximate surface area is 158 Å². The molecule has 0 bridgehead atoms. The Balaban J connectivity index is 1.57. The first-order valence-electron chi connectivity index (χ1n) is 8.07. The Morgan fingerprint density at radius 2 is 1.56 bits per heavy atom. The number of anilines is 1. The highest BCUT2D eigenvalue weighted by atomic mass is 35.5. The van der Waals surface area contributed by atoms with Crippen LogP contribution in [0.25, 0.3) is 0 Å². The van der Waals surface area contributed by atoms with Crippen molar-refractivity contribution in [1.29, 1.82) is 0 Å². The van der Waals surface area contributed by atoms with Crippen LogP contribution in [0.1, 0.15) is 16.7 Å². The van der Waals surface area contributed by atoms with Gasteiger partial charge in [0, 0.05) is 27.8 Å². The topological polar surface area (TPSA) is 21.3 Å². The smallest absolute Gasteiger partial charge is 0.119 e. The largest absolute Gasteiger partial charge is 0.489 e. The van der Waals surface area contributed by atoms with E-state index < -0.39 is 0 Å². The van der Waals surface area contributed by atoms with Crippen LogP contribution in [0.4, 0.5) is 5.69 Å². The first-order chi connectivity index (χ1) is 12.1. The van der Waals surface area contributed by atoms with Gasteiger partial charge in [-0.15, -0.1) is 0 Å². The predicted octanol–water partition coefficient (Wildman–Crippen LogP) is 6.49. The fourth-order valence-corrected chi connectivity index (χ4v) is 2.84. The SMILES string of the molecule is Cc1c(Cl)cccc1NCc1ccc(OCc2ccccc2Cl)cc1. The molecule has 0 aliphatic rings. The Hall–Kier alpha value is -2.16. The first kappa shape index (κ1) is 17.7. The normalized spacial score (nSPS) is 10.5. The van der Waals surface area contributed by atoms with Gasteiger partial charge in [0.25, 0.3) is 0 Å². The minimum Gasteiger partial charge on any atom is -0.489 e. The molecule has 3 aromatic rings. The zero-order valence-electron chi connectivity index (χ0n) is 13.9. The first-order valence-corrected chi connectivity index (χ1v) is 8.83. The van der Waals surface area contributed by atoms with E-state index in [1.54, 1.807) is 0 Å². The maximum absolute atomic E-state index is 6.15. The highest BCUT2D eigenvalue weighted by molar-refractivity contribution is 6.31. The van der Waals surface area contributed by atoms with Gasteiger partial charge in [-0.3, -0.25) is 0 Å². The summed E-state index contributed by atoms with van der Waals surface area (Å²) >= 11 is 12.3. The van der Waals surface area contributed by atoms with Crippen molar-refractivity contribution in [1.82, 2.24) is 0 Å². The second kappa shape index (κ2) is 8.28. The summed E-state index contributed by atoms with van der Waals surface area (Å²) in [5, 5.41) is 4.91. The van der Waals surface area contributed by atoms with E-state index in [0.717, 1.165) is 39.2 Å². The van der Waals surface area contributed by atoms with E-state index in [2.05, 4.69) is 17.4 Å². The Morgan fingerprint density at radius 1 is 0.840 bits per heavy atom. The highest BCUT2D eigenvalue weighted by Gasteiger charge is 2.03. The van der Waals surface area contributed by atoms with Gasteiger partial charge >= 0.3 is 0 Å². The van der Waals surface area contributed by atoms with Crippen LogP contribution in [0, 0.1) is 6.92 Å². The third kappa shape index (κ3) is 4.68. The molecular weight excluding hydrogens is 353 g/mol. The van der Waals surface area contributed by atoms with Gasteiger partial charge in [-0.05, 0) is 48.4 Å². The molecule has 0 spiro atoms. The van der Waals surface area contributed by atoms with E-state index >= 15 is 0 Å². The summed E-state index contributed by atoms with van der Waals surface area (Å²) in [6.07, 6.45) is 0. The number of halogens is 2. The molecule has 0 amide bonds. The number of benzene rings is 3. The fraction of sp³-hybridized carbons (Fsp3) is 0.143. The van der Waals surface area contributed by atoms with Crippen LogP contribution < -0.4 is 10.1 Å². The molecule has 0 fully saturated rings. The minimum atomic E-state index is 0.457. The lowest BCUT2D eigenvalue weighted by atomic mass is 10.1. The summed E-state index contributed by atoms with van der Waals surface area (Å²) < 4.78 is 5.80. The summed E-state index contributed by atoms with van der Waals surface area (Å²) in [7, 11) is 0. The molecule has 4 heteroatoms. The summed E-state index contributed by atoms with van der Waals surface area (Å²) in [6, 6.07) is 21.6. The Bertz CT molecular complexity index is 847. The Morgan fingerprint density at radius 3 is 2.32 bits per heavy atom. The number of hydrogen-bond acceptors (Lipinski definition) is 2. The maximum Gasteiger partial charge on any atom is 0.119 e. The molecular formula is C21H19Cl2NO. The highest BCUT2D eigenvalue weighted by Crippen LogP contribution is 2.24. The molecule has 128 valence electrons. The fourth-order valence-electron chi connectivity index (χ4n) is 2.48. The van der Waals surface area contributed by atoms with Crippen molar-refractivity contribution in [3.8, 4) is 5.75 Å². The molecule has 0 unspecified atom stereocenters. The van der Waals surface area contributed by atoms with Crippen molar-refractivity contribution in [3.05, 3.63) is 93.5 Å². The van der Waals surface area contributed by atoms with Crippen LogP contribution in [0.3, 0.4) is 0 Å². The van der Waals surface area contributed by atoms with Crippen LogP contribution in [-0.2, 0) is 13.2 Å². The van der Waals surface area contributed by atoms with Gasteiger partial charge < -0.3 is 10.1 Å². The lowest BCUT2D eigenvalue weighted by molar-refractivity contribution is 0.306. The molecule has 0 saturated carbocycles. The summed E-state index contributed by atoms with van der Waals surface area (Å²) in [5.41, 5.74) is 4.26. The second-order valence-corrected chi connectivity index (χ2v) is 6.60. The zero-order valence-corrected chi connectivity index (χ0v) is 15.4. The summed E-state index contributed by atoms with van der Waals surface area (Å²) in [6.45, 7) is 3.20. The van der Waals surface area contributed by atoms with Gasteiger partial charge in [0.15, 0.2) is 0 Å². The molecule has 3 rings (SSSR count). The second-order valence-electron chi connectivity index (χ2n) is 5.79. The number of rotatable bonds is 6. The van der Waals surface area contributed by atoms with E-state index in [4.69, 9.17) is 27.9 Å². The predicted molar refractivity (Wildman–Crippen MR) is 106 cm³/mol. The van der Waals surface area contributed by atoms with Crippen LogP contribution in [0.15, 0.2) is 66.7 Å². The number of ether oxygens (including phenoxy) is 1. The molecule has 3 aromatic carbocycles. The summed E-state index contributed by atoms with van der Waals surface area (Å²) in [4.78, 5) is 0. The van der Waals surface area contributed by atoms with Crippen molar-refractivity contribution in [2.24, 2.45) is 0 Å². The molecule has 0 aliphatic heterocycles. The molecule has 0 saturated heterocycles. The zero-order chi connectivity index (χ0) is 17.6. The molecule has 0 aromatic heterocycles. The number of hydrogen-bond donors (Lipinski definition) is 1. The lowest BCUT2D eigenvalue weighted by Crippen LogP contribution is -2.01. The lowest BCUT2D eigenvalue weighted by Gasteiger charge is -2.12. The average molecular weight is 372 g/mol. The van der Waals surface area contributed by atoms with E-state index in [1.807, 2.05) is 61.5 Å². The molecule has 25 heavy (non-hydrogen) atoms. The van der Waals surface area contributed by atoms with Crippen LogP contribution in [0.2, 0.25) is 10.0 Å². The molecule has 0 aliphatic carbocycles.